The third kappa shape index (κ3) is 10.8. The Bertz CT molecular complexity index is 1710. The lowest BCUT2D eigenvalue weighted by atomic mass is 9.84. The number of ether oxygens (including phenoxy) is 1. The van der Waals surface area contributed by atoms with Gasteiger partial charge in [-0.15, -0.1) is 0 Å². The first-order valence-corrected chi connectivity index (χ1v) is 19.5. The smallest absolute Gasteiger partial charge is 0.223 e. The zero-order chi connectivity index (χ0) is 39.0. The summed E-state index contributed by atoms with van der Waals surface area (Å²) in [6.07, 6.45) is 4.81. The van der Waals surface area contributed by atoms with Crippen molar-refractivity contribution >= 4 is 23.4 Å². The summed E-state index contributed by atoms with van der Waals surface area (Å²) >= 11 is 6.77. The van der Waals surface area contributed by atoms with E-state index in [0.29, 0.717) is 18.9 Å². The maximum Gasteiger partial charge on any atom is 0.223 e. The van der Waals surface area contributed by atoms with Gasteiger partial charge in [0, 0.05) is 63.0 Å². The standard InChI is InChI=1S/C42H56ClN3O8/c1-27(7-6-10-39(51)46(22-17-38(50)45(2)3)25-35(48)40(52)41(53)36(49)26-47)28-11-14-34(43)29(23-28)15-18-42(19-20-42)33-24-44-21-16-31(33)32-8-4-5-9-37(32)54-30-12-13-30/h4-5,8-9,11,14,16,21,23-24,27,30,35-36,40-41,47-49,52-53H,6-7,10,12-13,15,17-20,22,25-26H2,1-3H3/t27?,35-,36+,40+,41+/m0/s1. The molecule has 1 aromatic heterocycles. The number of aliphatic hydroxyl groups excluding tert-OH is 5. The van der Waals surface area contributed by atoms with Gasteiger partial charge in [0.15, 0.2) is 0 Å². The molecule has 2 aliphatic carbocycles. The molecular weight excluding hydrogens is 710 g/mol. The van der Waals surface area contributed by atoms with E-state index in [4.69, 9.17) is 21.4 Å². The molecular formula is C42H56ClN3O8. The Morgan fingerprint density at radius 2 is 1.69 bits per heavy atom. The molecule has 294 valence electrons. The zero-order valence-corrected chi connectivity index (χ0v) is 32.4. The second-order valence-corrected chi connectivity index (χ2v) is 15.7. The fourth-order valence-corrected chi connectivity index (χ4v) is 7.25. The molecule has 12 heteroatoms. The minimum Gasteiger partial charge on any atom is -0.490 e. The molecule has 1 unspecified atom stereocenters. The zero-order valence-electron chi connectivity index (χ0n) is 31.6. The number of pyridine rings is 1. The van der Waals surface area contributed by atoms with E-state index in [-0.39, 0.29) is 49.1 Å². The summed E-state index contributed by atoms with van der Waals surface area (Å²) in [5.41, 5.74) is 5.77. The van der Waals surface area contributed by atoms with Gasteiger partial charge in [-0.3, -0.25) is 14.6 Å². The lowest BCUT2D eigenvalue weighted by Crippen LogP contribution is -2.51. The average molecular weight is 766 g/mol. The van der Waals surface area contributed by atoms with Crippen molar-refractivity contribution in [2.75, 3.05) is 33.8 Å². The third-order valence-electron chi connectivity index (χ3n) is 11.0. The molecule has 0 saturated heterocycles. The van der Waals surface area contributed by atoms with E-state index in [2.05, 4.69) is 42.2 Å². The van der Waals surface area contributed by atoms with E-state index in [1.807, 2.05) is 30.6 Å². The topological polar surface area (TPSA) is 164 Å². The molecule has 2 aromatic carbocycles. The summed E-state index contributed by atoms with van der Waals surface area (Å²) in [4.78, 5) is 32.9. The summed E-state index contributed by atoms with van der Waals surface area (Å²) < 4.78 is 6.29. The quantitative estimate of drug-likeness (QED) is 0.104. The predicted octanol–water partition coefficient (Wildman–Crippen LogP) is 4.62. The van der Waals surface area contributed by atoms with Gasteiger partial charge in [0.25, 0.3) is 0 Å². The molecule has 11 nitrogen and oxygen atoms in total. The Morgan fingerprint density at radius 3 is 2.37 bits per heavy atom. The SMILES string of the molecule is CC(CCCC(=O)N(CCC(=O)N(C)C)C[C@H](O)[C@@H](O)[C@H](O)[C@H](O)CO)c1ccc(Cl)c(CCC2(c3cnccc3-c3ccccc3OC3CC3)CC2)c1. The highest BCUT2D eigenvalue weighted by Crippen LogP contribution is 2.55. The molecule has 2 fully saturated rings. The molecule has 0 radical (unpaired) electrons. The Kier molecular flexibility index (Phi) is 14.5. The Morgan fingerprint density at radius 1 is 0.963 bits per heavy atom. The number of hydrogen-bond donors (Lipinski definition) is 5. The van der Waals surface area contributed by atoms with Gasteiger partial charge in [-0.2, -0.15) is 0 Å². The molecule has 3 aromatic rings. The number of rotatable bonds is 21. The van der Waals surface area contributed by atoms with Gasteiger partial charge in [0.2, 0.25) is 11.8 Å². The highest BCUT2D eigenvalue weighted by molar-refractivity contribution is 6.31. The van der Waals surface area contributed by atoms with Gasteiger partial charge >= 0.3 is 0 Å². The first kappa shape index (κ1) is 41.6. The number of amides is 2. The summed E-state index contributed by atoms with van der Waals surface area (Å²) in [5, 5.41) is 50.5. The molecule has 5 rings (SSSR count). The molecule has 2 aliphatic rings. The lowest BCUT2D eigenvalue weighted by Gasteiger charge is -2.30. The summed E-state index contributed by atoms with van der Waals surface area (Å²) in [6, 6.07) is 16.5. The van der Waals surface area contributed by atoms with Crippen LogP contribution in [0.3, 0.4) is 0 Å². The number of halogens is 1. The van der Waals surface area contributed by atoms with E-state index in [0.717, 1.165) is 66.0 Å². The normalized spacial score (nSPS) is 17.6. The van der Waals surface area contributed by atoms with E-state index in [1.165, 1.54) is 20.9 Å². The second kappa shape index (κ2) is 18.8. The van der Waals surface area contributed by atoms with E-state index >= 15 is 0 Å². The highest BCUT2D eigenvalue weighted by atomic mass is 35.5. The van der Waals surface area contributed by atoms with Gasteiger partial charge in [-0.25, -0.2) is 0 Å². The molecule has 5 N–H and O–H groups in total. The fourth-order valence-electron chi connectivity index (χ4n) is 7.03. The van der Waals surface area contributed by atoms with Crippen LogP contribution < -0.4 is 4.74 Å². The number of carbonyl (C=O) groups is 2. The van der Waals surface area contributed by atoms with Crippen LogP contribution in [0.4, 0.5) is 0 Å². The van der Waals surface area contributed by atoms with Crippen molar-refractivity contribution in [2.24, 2.45) is 0 Å². The van der Waals surface area contributed by atoms with Crippen LogP contribution in [0.2, 0.25) is 5.02 Å². The number of aryl methyl sites for hydroxylation is 1. The third-order valence-corrected chi connectivity index (χ3v) is 11.3. The molecule has 0 spiro atoms. The first-order chi connectivity index (χ1) is 25.8. The average Bonchev–Trinajstić information content (AvgIpc) is 4.12. The van der Waals surface area contributed by atoms with Crippen LogP contribution in [-0.2, 0) is 21.4 Å². The first-order valence-electron chi connectivity index (χ1n) is 19.1. The number of aromatic nitrogens is 1. The molecule has 0 aliphatic heterocycles. The van der Waals surface area contributed by atoms with Crippen LogP contribution in [0.15, 0.2) is 60.9 Å². The number of benzene rings is 2. The van der Waals surface area contributed by atoms with Crippen molar-refractivity contribution in [3.05, 3.63) is 82.6 Å². The number of nitrogens with zero attached hydrogens (tertiary/aromatic N) is 3. The van der Waals surface area contributed by atoms with Crippen LogP contribution in [0, 0.1) is 0 Å². The fraction of sp³-hybridized carbons (Fsp3) is 0.548. The maximum absolute atomic E-state index is 13.4. The summed E-state index contributed by atoms with van der Waals surface area (Å²) in [5.74, 6) is 0.541. The molecule has 0 bridgehead atoms. The molecule has 54 heavy (non-hydrogen) atoms. The van der Waals surface area contributed by atoms with Crippen molar-refractivity contribution in [3.8, 4) is 16.9 Å². The molecule has 2 amide bonds. The lowest BCUT2D eigenvalue weighted by molar-refractivity contribution is -0.141. The Hall–Kier alpha value is -3.58. The molecule has 5 atom stereocenters. The minimum atomic E-state index is -1.81. The van der Waals surface area contributed by atoms with Crippen LogP contribution in [0.25, 0.3) is 11.1 Å². The monoisotopic (exact) mass is 765 g/mol. The number of aliphatic hydroxyl groups is 5. The predicted molar refractivity (Wildman–Crippen MR) is 207 cm³/mol. The van der Waals surface area contributed by atoms with Crippen LogP contribution in [-0.4, -0.2) is 116 Å². The van der Waals surface area contributed by atoms with Crippen molar-refractivity contribution in [2.45, 2.75) is 113 Å². The minimum absolute atomic E-state index is 0.0111. The van der Waals surface area contributed by atoms with Crippen LogP contribution in [0.1, 0.15) is 87.3 Å². The Labute approximate surface area is 323 Å². The van der Waals surface area contributed by atoms with E-state index in [9.17, 15) is 30.0 Å². The van der Waals surface area contributed by atoms with Crippen molar-refractivity contribution in [1.82, 2.24) is 14.8 Å². The maximum atomic E-state index is 13.4. The number of hydrogen-bond acceptors (Lipinski definition) is 9. The van der Waals surface area contributed by atoms with E-state index < -0.39 is 31.0 Å². The Balaban J connectivity index is 1.20. The van der Waals surface area contributed by atoms with Gasteiger partial charge in [-0.1, -0.05) is 48.9 Å². The van der Waals surface area contributed by atoms with Gasteiger partial charge in [0.1, 0.15) is 30.2 Å². The second-order valence-electron chi connectivity index (χ2n) is 15.3. The van der Waals surface area contributed by atoms with Gasteiger partial charge in [-0.05, 0) is 103 Å². The van der Waals surface area contributed by atoms with Gasteiger partial charge in [0.05, 0.1) is 12.7 Å². The van der Waals surface area contributed by atoms with Crippen LogP contribution >= 0.6 is 11.6 Å². The number of para-hydroxylation sites is 1. The molecule has 2 saturated carbocycles. The number of carbonyl (C=O) groups excluding carboxylic acids is 2. The van der Waals surface area contributed by atoms with Crippen molar-refractivity contribution in [3.63, 3.8) is 0 Å². The molecule has 1 heterocycles. The summed E-state index contributed by atoms with van der Waals surface area (Å²) in [7, 11) is 3.22. The summed E-state index contributed by atoms with van der Waals surface area (Å²) in [6.45, 7) is 0.966. The van der Waals surface area contributed by atoms with E-state index in [1.54, 1.807) is 14.1 Å². The van der Waals surface area contributed by atoms with Crippen LogP contribution in [0.5, 0.6) is 5.75 Å². The van der Waals surface area contributed by atoms with Crippen molar-refractivity contribution in [1.29, 1.82) is 0 Å². The largest absolute Gasteiger partial charge is 0.490 e. The van der Waals surface area contributed by atoms with Crippen molar-refractivity contribution < 1.29 is 39.9 Å². The highest BCUT2D eigenvalue weighted by Gasteiger charge is 2.45. The van der Waals surface area contributed by atoms with Gasteiger partial charge < -0.3 is 40.1 Å².